The lowest BCUT2D eigenvalue weighted by atomic mass is 10.1. The van der Waals surface area contributed by atoms with E-state index in [1.165, 1.54) is 0 Å². The summed E-state index contributed by atoms with van der Waals surface area (Å²) in [6.07, 6.45) is 1.58. The summed E-state index contributed by atoms with van der Waals surface area (Å²) < 4.78 is 32.6. The van der Waals surface area contributed by atoms with E-state index in [-0.39, 0.29) is 6.10 Å². The predicted octanol–water partition coefficient (Wildman–Crippen LogP) is 1.43. The van der Waals surface area contributed by atoms with Crippen molar-refractivity contribution in [1.29, 1.82) is 0 Å². The number of sulfonamides is 1. The first-order valence-corrected chi connectivity index (χ1v) is 8.78. The van der Waals surface area contributed by atoms with Gasteiger partial charge in [-0.1, -0.05) is 17.7 Å². The maximum Gasteiger partial charge on any atom is 0.243 e. The van der Waals surface area contributed by atoms with Gasteiger partial charge in [0.25, 0.3) is 0 Å². The van der Waals surface area contributed by atoms with E-state index in [4.69, 9.17) is 10.5 Å². The van der Waals surface area contributed by atoms with Crippen LogP contribution in [0.1, 0.15) is 24.0 Å². The Morgan fingerprint density at radius 1 is 1.29 bits per heavy atom. The third kappa shape index (κ3) is 3.83. The van der Waals surface area contributed by atoms with Crippen molar-refractivity contribution < 1.29 is 13.2 Å². The van der Waals surface area contributed by atoms with Crippen molar-refractivity contribution >= 4 is 10.0 Å². The van der Waals surface area contributed by atoms with Crippen LogP contribution in [0.15, 0.2) is 23.1 Å². The second kappa shape index (κ2) is 6.87. The number of ether oxygens (including phenoxy) is 1. The lowest BCUT2D eigenvalue weighted by molar-refractivity contribution is 0.0257. The zero-order chi connectivity index (χ0) is 15.5. The van der Waals surface area contributed by atoms with Crippen molar-refractivity contribution in [2.75, 3.05) is 26.2 Å². The molecule has 1 heterocycles. The second-order valence-corrected chi connectivity index (χ2v) is 7.44. The SMILES string of the molecule is Cc1ccc(S(=O)(=O)N2CCC(OCCN)CC2)c(C)c1. The average molecular weight is 312 g/mol. The van der Waals surface area contributed by atoms with E-state index in [1.54, 1.807) is 10.4 Å². The summed E-state index contributed by atoms with van der Waals surface area (Å²) >= 11 is 0. The number of benzene rings is 1. The molecule has 0 bridgehead atoms. The van der Waals surface area contributed by atoms with Gasteiger partial charge in [0.1, 0.15) is 0 Å². The van der Waals surface area contributed by atoms with E-state index in [1.807, 2.05) is 26.0 Å². The number of aryl methyl sites for hydroxylation is 2. The molecule has 1 aliphatic rings. The minimum absolute atomic E-state index is 0.124. The van der Waals surface area contributed by atoms with Crippen LogP contribution in [0.2, 0.25) is 0 Å². The molecule has 21 heavy (non-hydrogen) atoms. The van der Waals surface area contributed by atoms with Crippen molar-refractivity contribution in [1.82, 2.24) is 4.31 Å². The van der Waals surface area contributed by atoms with E-state index < -0.39 is 10.0 Å². The molecule has 0 saturated carbocycles. The largest absolute Gasteiger partial charge is 0.377 e. The summed E-state index contributed by atoms with van der Waals surface area (Å²) in [6.45, 7) is 5.85. The van der Waals surface area contributed by atoms with Crippen molar-refractivity contribution in [3.63, 3.8) is 0 Å². The first-order valence-electron chi connectivity index (χ1n) is 7.34. The molecule has 6 heteroatoms. The topological polar surface area (TPSA) is 72.6 Å². The summed E-state index contributed by atoms with van der Waals surface area (Å²) in [5.41, 5.74) is 7.29. The van der Waals surface area contributed by atoms with Crippen molar-refractivity contribution in [2.24, 2.45) is 5.73 Å². The van der Waals surface area contributed by atoms with Gasteiger partial charge in [-0.3, -0.25) is 0 Å². The summed E-state index contributed by atoms with van der Waals surface area (Å²) in [7, 11) is -3.40. The summed E-state index contributed by atoms with van der Waals surface area (Å²) in [5.74, 6) is 0. The van der Waals surface area contributed by atoms with E-state index in [0.29, 0.717) is 31.1 Å². The van der Waals surface area contributed by atoms with E-state index in [0.717, 1.165) is 24.0 Å². The molecule has 1 aromatic rings. The Morgan fingerprint density at radius 3 is 2.52 bits per heavy atom. The quantitative estimate of drug-likeness (QED) is 0.893. The van der Waals surface area contributed by atoms with Gasteiger partial charge in [-0.15, -0.1) is 0 Å². The molecule has 0 aromatic heterocycles. The molecule has 2 rings (SSSR count). The van der Waals surface area contributed by atoms with Crippen LogP contribution in [-0.2, 0) is 14.8 Å². The maximum atomic E-state index is 12.7. The molecule has 0 radical (unpaired) electrons. The van der Waals surface area contributed by atoms with Gasteiger partial charge in [0, 0.05) is 19.6 Å². The molecular formula is C15H24N2O3S. The Kier molecular flexibility index (Phi) is 5.37. The molecule has 2 N–H and O–H groups in total. The lowest BCUT2D eigenvalue weighted by Gasteiger charge is -2.31. The van der Waals surface area contributed by atoms with Gasteiger partial charge in [-0.05, 0) is 38.3 Å². The average Bonchev–Trinajstić information content (AvgIpc) is 2.45. The molecule has 0 unspecified atom stereocenters. The monoisotopic (exact) mass is 312 g/mol. The van der Waals surface area contributed by atoms with Crippen molar-refractivity contribution in [3.05, 3.63) is 29.3 Å². The Bertz CT molecular complexity index is 579. The molecular weight excluding hydrogens is 288 g/mol. The number of nitrogens with zero attached hydrogens (tertiary/aromatic N) is 1. The molecule has 1 fully saturated rings. The molecule has 0 spiro atoms. The Hall–Kier alpha value is -0.950. The smallest absolute Gasteiger partial charge is 0.243 e. The van der Waals surface area contributed by atoms with Crippen LogP contribution in [0.3, 0.4) is 0 Å². The molecule has 0 amide bonds. The van der Waals surface area contributed by atoms with Crippen LogP contribution in [0.4, 0.5) is 0 Å². The minimum atomic E-state index is -3.40. The second-order valence-electron chi connectivity index (χ2n) is 5.53. The summed E-state index contributed by atoms with van der Waals surface area (Å²) in [5, 5.41) is 0. The van der Waals surface area contributed by atoms with Crippen molar-refractivity contribution in [3.8, 4) is 0 Å². The minimum Gasteiger partial charge on any atom is -0.377 e. The Morgan fingerprint density at radius 2 is 1.95 bits per heavy atom. The Balaban J connectivity index is 2.08. The number of piperidine rings is 1. The molecule has 118 valence electrons. The van der Waals surface area contributed by atoms with E-state index in [2.05, 4.69) is 0 Å². The van der Waals surface area contributed by atoms with Gasteiger partial charge in [-0.2, -0.15) is 4.31 Å². The highest BCUT2D eigenvalue weighted by molar-refractivity contribution is 7.89. The number of nitrogens with two attached hydrogens (primary N) is 1. The van der Waals surface area contributed by atoms with Crippen molar-refractivity contribution in [2.45, 2.75) is 37.7 Å². The zero-order valence-electron chi connectivity index (χ0n) is 12.7. The summed E-state index contributed by atoms with van der Waals surface area (Å²) in [4.78, 5) is 0.412. The van der Waals surface area contributed by atoms with Gasteiger partial charge in [0.15, 0.2) is 0 Å². The van der Waals surface area contributed by atoms with Crippen LogP contribution in [0.5, 0.6) is 0 Å². The molecule has 5 nitrogen and oxygen atoms in total. The van der Waals surface area contributed by atoms with Gasteiger partial charge in [-0.25, -0.2) is 8.42 Å². The highest BCUT2D eigenvalue weighted by Gasteiger charge is 2.30. The molecule has 1 aromatic carbocycles. The Labute approximate surface area is 127 Å². The lowest BCUT2D eigenvalue weighted by Crippen LogP contribution is -2.41. The third-order valence-electron chi connectivity index (χ3n) is 3.82. The molecule has 0 aliphatic carbocycles. The van der Waals surface area contributed by atoms with Crippen LogP contribution < -0.4 is 5.73 Å². The van der Waals surface area contributed by atoms with Crippen LogP contribution in [0, 0.1) is 13.8 Å². The first-order chi connectivity index (χ1) is 9.95. The molecule has 0 atom stereocenters. The van der Waals surface area contributed by atoms with E-state index >= 15 is 0 Å². The summed E-state index contributed by atoms with van der Waals surface area (Å²) in [6, 6.07) is 5.46. The maximum absolute atomic E-state index is 12.7. The fourth-order valence-corrected chi connectivity index (χ4v) is 4.38. The van der Waals surface area contributed by atoms with Crippen LogP contribution in [-0.4, -0.2) is 45.1 Å². The zero-order valence-corrected chi connectivity index (χ0v) is 13.5. The molecule has 1 aliphatic heterocycles. The standard InChI is InChI=1S/C15H24N2O3S/c1-12-3-4-15(13(2)11-12)21(18,19)17-8-5-14(6-9-17)20-10-7-16/h3-4,11,14H,5-10,16H2,1-2H3. The highest BCUT2D eigenvalue weighted by Crippen LogP contribution is 2.24. The van der Waals surface area contributed by atoms with Gasteiger partial charge in [0.2, 0.25) is 10.0 Å². The first kappa shape index (κ1) is 16.4. The molecule has 1 saturated heterocycles. The van der Waals surface area contributed by atoms with Crippen LogP contribution in [0.25, 0.3) is 0 Å². The van der Waals surface area contributed by atoms with Crippen LogP contribution >= 0.6 is 0 Å². The van der Waals surface area contributed by atoms with Gasteiger partial charge >= 0.3 is 0 Å². The fourth-order valence-electron chi connectivity index (χ4n) is 2.70. The number of rotatable bonds is 5. The normalized spacial score (nSPS) is 18.0. The predicted molar refractivity (Wildman–Crippen MR) is 82.7 cm³/mol. The third-order valence-corrected chi connectivity index (χ3v) is 5.88. The van der Waals surface area contributed by atoms with Gasteiger partial charge in [0.05, 0.1) is 17.6 Å². The van der Waals surface area contributed by atoms with Gasteiger partial charge < -0.3 is 10.5 Å². The fraction of sp³-hybridized carbons (Fsp3) is 0.600. The highest BCUT2D eigenvalue weighted by atomic mass is 32.2. The number of hydrogen-bond acceptors (Lipinski definition) is 4. The number of hydrogen-bond donors (Lipinski definition) is 1. The van der Waals surface area contributed by atoms with E-state index in [9.17, 15) is 8.42 Å².